The highest BCUT2D eigenvalue weighted by Crippen LogP contribution is 2.29. The van der Waals surface area contributed by atoms with Gasteiger partial charge in [-0.2, -0.15) is 0 Å². The van der Waals surface area contributed by atoms with Gasteiger partial charge in [0.15, 0.2) is 0 Å². The summed E-state index contributed by atoms with van der Waals surface area (Å²) in [5, 5.41) is 3.37. The fourth-order valence-electron chi connectivity index (χ4n) is 2.84. The molecular formula is C17H26N2O2. The lowest BCUT2D eigenvalue weighted by molar-refractivity contribution is -0.150. The second-order valence-electron chi connectivity index (χ2n) is 5.78. The van der Waals surface area contributed by atoms with Crippen LogP contribution in [0.15, 0.2) is 24.3 Å². The molecule has 0 saturated heterocycles. The van der Waals surface area contributed by atoms with Crippen LogP contribution in [-0.4, -0.2) is 37.7 Å². The van der Waals surface area contributed by atoms with Gasteiger partial charge in [-0.3, -0.25) is 0 Å². The zero-order valence-corrected chi connectivity index (χ0v) is 13.3. The van der Waals surface area contributed by atoms with E-state index in [1.165, 1.54) is 11.3 Å². The summed E-state index contributed by atoms with van der Waals surface area (Å²) in [5.74, 6) is -0.164. The number of carbonyl (C=O) groups excluding carboxylic acids is 1. The molecule has 21 heavy (non-hydrogen) atoms. The average molecular weight is 290 g/mol. The lowest BCUT2D eigenvalue weighted by atomic mass is 10.0. The van der Waals surface area contributed by atoms with Crippen molar-refractivity contribution in [3.8, 4) is 0 Å². The molecule has 0 amide bonds. The Morgan fingerprint density at radius 2 is 2.14 bits per heavy atom. The topological polar surface area (TPSA) is 41.6 Å². The van der Waals surface area contributed by atoms with E-state index in [1.807, 2.05) is 13.8 Å². The molecule has 0 spiro atoms. The van der Waals surface area contributed by atoms with Crippen molar-refractivity contribution < 1.29 is 9.53 Å². The molecule has 0 bridgehead atoms. The summed E-state index contributed by atoms with van der Waals surface area (Å²) >= 11 is 0. The van der Waals surface area contributed by atoms with Gasteiger partial charge in [0.05, 0.1) is 6.61 Å². The molecule has 1 aromatic rings. The highest BCUT2D eigenvalue weighted by Gasteiger charge is 2.37. The summed E-state index contributed by atoms with van der Waals surface area (Å²) in [6.07, 6.45) is 2.04. The zero-order chi connectivity index (χ0) is 15.3. The molecule has 0 aliphatic carbocycles. The van der Waals surface area contributed by atoms with Crippen molar-refractivity contribution in [2.45, 2.75) is 39.2 Å². The molecule has 116 valence electrons. The SMILES string of the molecule is CCCNC(C)(CN1CCc2ccccc21)C(=O)OCC. The van der Waals surface area contributed by atoms with Gasteiger partial charge in [-0.1, -0.05) is 25.1 Å². The summed E-state index contributed by atoms with van der Waals surface area (Å²) in [5.41, 5.74) is 1.94. The van der Waals surface area contributed by atoms with Crippen LogP contribution < -0.4 is 10.2 Å². The van der Waals surface area contributed by atoms with Gasteiger partial charge in [0.2, 0.25) is 0 Å². The standard InChI is InChI=1S/C17H26N2O2/c1-4-11-18-17(3,16(20)21-5-2)13-19-12-10-14-8-6-7-9-15(14)19/h6-9,18H,4-5,10-13H2,1-3H3. The van der Waals surface area contributed by atoms with Crippen LogP contribution in [0.4, 0.5) is 5.69 Å². The molecule has 2 rings (SSSR count). The number of carbonyl (C=O) groups is 1. The van der Waals surface area contributed by atoms with Crippen LogP contribution in [0.5, 0.6) is 0 Å². The smallest absolute Gasteiger partial charge is 0.327 e. The van der Waals surface area contributed by atoms with Gasteiger partial charge in [-0.15, -0.1) is 0 Å². The molecule has 1 atom stereocenters. The minimum Gasteiger partial charge on any atom is -0.465 e. The van der Waals surface area contributed by atoms with Crippen molar-refractivity contribution in [3.05, 3.63) is 29.8 Å². The molecule has 0 fully saturated rings. The van der Waals surface area contributed by atoms with Crippen LogP contribution in [0.25, 0.3) is 0 Å². The molecule has 1 unspecified atom stereocenters. The van der Waals surface area contributed by atoms with E-state index in [2.05, 4.69) is 41.4 Å². The Balaban J connectivity index is 2.14. The van der Waals surface area contributed by atoms with Crippen molar-refractivity contribution in [1.82, 2.24) is 5.32 Å². The Hall–Kier alpha value is -1.55. The van der Waals surface area contributed by atoms with E-state index >= 15 is 0 Å². The van der Waals surface area contributed by atoms with Crippen LogP contribution in [0, 0.1) is 0 Å². The molecule has 0 aromatic heterocycles. The van der Waals surface area contributed by atoms with Crippen LogP contribution in [-0.2, 0) is 16.0 Å². The van der Waals surface area contributed by atoms with Gasteiger partial charge >= 0.3 is 5.97 Å². The van der Waals surface area contributed by atoms with Crippen LogP contribution in [0.2, 0.25) is 0 Å². The van der Waals surface area contributed by atoms with Gasteiger partial charge < -0.3 is 15.0 Å². The highest BCUT2D eigenvalue weighted by molar-refractivity contribution is 5.81. The van der Waals surface area contributed by atoms with Gasteiger partial charge in [-0.25, -0.2) is 4.79 Å². The van der Waals surface area contributed by atoms with Gasteiger partial charge in [0.25, 0.3) is 0 Å². The number of esters is 1. The fraction of sp³-hybridized carbons (Fsp3) is 0.588. The molecule has 1 aromatic carbocycles. The minimum absolute atomic E-state index is 0.164. The van der Waals surface area contributed by atoms with Crippen molar-refractivity contribution >= 4 is 11.7 Å². The molecule has 0 radical (unpaired) electrons. The molecule has 1 heterocycles. The Bertz CT molecular complexity index is 489. The number of para-hydroxylation sites is 1. The predicted octanol–water partition coefficient (Wildman–Crippen LogP) is 2.37. The number of nitrogens with zero attached hydrogens (tertiary/aromatic N) is 1. The summed E-state index contributed by atoms with van der Waals surface area (Å²) in [4.78, 5) is 14.6. The lowest BCUT2D eigenvalue weighted by Gasteiger charge is -2.34. The fourth-order valence-corrected chi connectivity index (χ4v) is 2.84. The monoisotopic (exact) mass is 290 g/mol. The van der Waals surface area contributed by atoms with Crippen LogP contribution in [0.3, 0.4) is 0 Å². The first-order chi connectivity index (χ1) is 10.1. The molecule has 0 saturated carbocycles. The summed E-state index contributed by atoms with van der Waals surface area (Å²) in [6.45, 7) is 8.73. The van der Waals surface area contributed by atoms with E-state index in [9.17, 15) is 4.79 Å². The molecule has 1 N–H and O–H groups in total. The van der Waals surface area contributed by atoms with Gasteiger partial charge in [-0.05, 0) is 44.9 Å². The van der Waals surface area contributed by atoms with E-state index < -0.39 is 5.54 Å². The number of benzene rings is 1. The minimum atomic E-state index is -0.663. The number of fused-ring (bicyclic) bond motifs is 1. The molecule has 4 nitrogen and oxygen atoms in total. The maximum atomic E-state index is 12.4. The third-order valence-electron chi connectivity index (χ3n) is 3.98. The second-order valence-corrected chi connectivity index (χ2v) is 5.78. The summed E-state index contributed by atoms with van der Waals surface area (Å²) in [6, 6.07) is 8.42. The Labute approximate surface area is 127 Å². The number of hydrogen-bond acceptors (Lipinski definition) is 4. The molecule has 1 aliphatic rings. The number of nitrogens with one attached hydrogen (secondary N) is 1. The second kappa shape index (κ2) is 6.94. The van der Waals surface area contributed by atoms with Gasteiger partial charge in [0, 0.05) is 18.8 Å². The molecule has 4 heteroatoms. The van der Waals surface area contributed by atoms with Crippen molar-refractivity contribution in [3.63, 3.8) is 0 Å². The number of ether oxygens (including phenoxy) is 1. The van der Waals surface area contributed by atoms with Crippen molar-refractivity contribution in [2.75, 3.05) is 31.1 Å². The van der Waals surface area contributed by atoms with E-state index in [4.69, 9.17) is 4.74 Å². The number of rotatable bonds is 7. The third-order valence-corrected chi connectivity index (χ3v) is 3.98. The third kappa shape index (κ3) is 3.56. The van der Waals surface area contributed by atoms with Crippen molar-refractivity contribution in [2.24, 2.45) is 0 Å². The Morgan fingerprint density at radius 3 is 2.86 bits per heavy atom. The molecular weight excluding hydrogens is 264 g/mol. The lowest BCUT2D eigenvalue weighted by Crippen LogP contribution is -2.57. The predicted molar refractivity (Wildman–Crippen MR) is 85.7 cm³/mol. The van der Waals surface area contributed by atoms with Gasteiger partial charge in [0.1, 0.15) is 5.54 Å². The van der Waals surface area contributed by atoms with Crippen LogP contribution >= 0.6 is 0 Å². The maximum Gasteiger partial charge on any atom is 0.327 e. The van der Waals surface area contributed by atoms with E-state index in [0.717, 1.165) is 25.9 Å². The number of hydrogen-bond donors (Lipinski definition) is 1. The van der Waals surface area contributed by atoms with Crippen molar-refractivity contribution in [1.29, 1.82) is 0 Å². The summed E-state index contributed by atoms with van der Waals surface area (Å²) < 4.78 is 5.27. The zero-order valence-electron chi connectivity index (χ0n) is 13.3. The van der Waals surface area contributed by atoms with E-state index in [1.54, 1.807) is 0 Å². The number of anilines is 1. The first-order valence-electron chi connectivity index (χ1n) is 7.86. The molecule has 1 aliphatic heterocycles. The first-order valence-corrected chi connectivity index (χ1v) is 7.86. The van der Waals surface area contributed by atoms with E-state index in [0.29, 0.717) is 13.2 Å². The van der Waals surface area contributed by atoms with E-state index in [-0.39, 0.29) is 5.97 Å². The summed E-state index contributed by atoms with van der Waals surface area (Å²) in [7, 11) is 0. The first kappa shape index (κ1) is 15.8. The highest BCUT2D eigenvalue weighted by atomic mass is 16.5. The maximum absolute atomic E-state index is 12.4. The Kier molecular flexibility index (Phi) is 5.23. The normalized spacial score (nSPS) is 16.4. The van der Waals surface area contributed by atoms with Crippen LogP contribution in [0.1, 0.15) is 32.8 Å². The largest absolute Gasteiger partial charge is 0.465 e. The Morgan fingerprint density at radius 1 is 1.38 bits per heavy atom. The quantitative estimate of drug-likeness (QED) is 0.783. The average Bonchev–Trinajstić information content (AvgIpc) is 2.89.